The van der Waals surface area contributed by atoms with Crippen molar-refractivity contribution in [1.29, 1.82) is 0 Å². The van der Waals surface area contributed by atoms with E-state index in [1.807, 2.05) is 61.6 Å². The summed E-state index contributed by atoms with van der Waals surface area (Å²) in [6.07, 6.45) is 1.89. The highest BCUT2D eigenvalue weighted by atomic mass is 32.1. The summed E-state index contributed by atoms with van der Waals surface area (Å²) in [5.74, 6) is -0.768. The van der Waals surface area contributed by atoms with E-state index >= 15 is 0 Å². The van der Waals surface area contributed by atoms with Gasteiger partial charge in [-0.05, 0) is 52.6 Å². The largest absolute Gasteiger partial charge is 0.462 e. The van der Waals surface area contributed by atoms with Gasteiger partial charge < -0.3 is 19.4 Å². The topological polar surface area (TPSA) is 75.9 Å². The number of fused-ring (bicyclic) bond motifs is 1. The molecule has 1 N–H and O–H groups in total. The number of carbonyl (C=O) groups excluding carboxylic acids is 2. The van der Waals surface area contributed by atoms with Crippen molar-refractivity contribution in [2.75, 3.05) is 26.0 Å². The fourth-order valence-corrected chi connectivity index (χ4v) is 4.05. The highest BCUT2D eigenvalue weighted by Crippen LogP contribution is 2.33. The van der Waals surface area contributed by atoms with Crippen LogP contribution in [0.4, 0.5) is 5.00 Å². The number of imidazole rings is 1. The molecule has 0 bridgehead atoms. The maximum atomic E-state index is 13.1. The van der Waals surface area contributed by atoms with Crippen molar-refractivity contribution in [3.8, 4) is 0 Å². The first kappa shape index (κ1) is 20.0. The Bertz CT molecular complexity index is 1040. The number of thiophene rings is 1. The molecule has 1 amide bonds. The van der Waals surface area contributed by atoms with Crippen LogP contribution < -0.4 is 5.32 Å². The van der Waals surface area contributed by atoms with Crippen molar-refractivity contribution in [3.05, 3.63) is 51.8 Å². The number of carbonyl (C=O) groups is 2. The van der Waals surface area contributed by atoms with Crippen LogP contribution in [-0.4, -0.2) is 46.9 Å². The van der Waals surface area contributed by atoms with Crippen molar-refractivity contribution in [2.45, 2.75) is 27.3 Å². The Morgan fingerprint density at radius 2 is 2.04 bits per heavy atom. The van der Waals surface area contributed by atoms with Crippen molar-refractivity contribution in [3.63, 3.8) is 0 Å². The van der Waals surface area contributed by atoms with Crippen LogP contribution in [0.25, 0.3) is 5.65 Å². The van der Waals surface area contributed by atoms with Gasteiger partial charge in [-0.25, -0.2) is 9.78 Å². The molecule has 3 aromatic rings. The lowest BCUT2D eigenvalue weighted by Crippen LogP contribution is -2.20. The number of amides is 1. The molecule has 3 rings (SSSR count). The number of pyridine rings is 1. The van der Waals surface area contributed by atoms with Gasteiger partial charge in [-0.15, -0.1) is 11.3 Å². The zero-order chi connectivity index (χ0) is 20.4. The Hall–Kier alpha value is -2.71. The number of rotatable bonds is 6. The maximum absolute atomic E-state index is 13.1. The molecule has 0 aliphatic rings. The number of hydrogen-bond acceptors (Lipinski definition) is 6. The standard InChI is InChI=1S/C20H24N4O3S/c1-6-27-20(26)16-12(2)13(3)28-19(16)22-18(25)17-14(11-23(4)5)24-10-8-7-9-15(24)21-17/h7-10H,6,11H2,1-5H3,(H,22,25). The fraction of sp³-hybridized carbons (Fsp3) is 0.350. The molecule has 0 spiro atoms. The Kier molecular flexibility index (Phi) is 5.81. The molecule has 8 heteroatoms. The van der Waals surface area contributed by atoms with Crippen LogP contribution in [0.1, 0.15) is 43.9 Å². The molecular weight excluding hydrogens is 376 g/mol. The number of anilines is 1. The monoisotopic (exact) mass is 400 g/mol. The molecule has 0 saturated heterocycles. The number of hydrogen-bond donors (Lipinski definition) is 1. The Morgan fingerprint density at radius 1 is 1.29 bits per heavy atom. The van der Waals surface area contributed by atoms with E-state index < -0.39 is 5.97 Å². The first-order valence-corrected chi connectivity index (χ1v) is 9.84. The average molecular weight is 401 g/mol. The number of nitrogens with zero attached hydrogens (tertiary/aromatic N) is 3. The molecule has 0 radical (unpaired) electrons. The second-order valence-electron chi connectivity index (χ2n) is 6.74. The van der Waals surface area contributed by atoms with E-state index in [9.17, 15) is 9.59 Å². The minimum atomic E-state index is -0.428. The summed E-state index contributed by atoms with van der Waals surface area (Å²) in [6, 6.07) is 5.65. The molecule has 7 nitrogen and oxygen atoms in total. The second kappa shape index (κ2) is 8.12. The summed E-state index contributed by atoms with van der Waals surface area (Å²) in [5, 5.41) is 3.38. The van der Waals surface area contributed by atoms with E-state index in [4.69, 9.17) is 4.74 Å². The minimum absolute atomic E-state index is 0.278. The van der Waals surface area contributed by atoms with Gasteiger partial charge in [0, 0.05) is 17.6 Å². The van der Waals surface area contributed by atoms with Crippen LogP contribution in [0, 0.1) is 13.8 Å². The Balaban J connectivity index is 2.01. The van der Waals surface area contributed by atoms with Crippen molar-refractivity contribution in [2.24, 2.45) is 0 Å². The molecule has 0 fully saturated rings. The van der Waals surface area contributed by atoms with Gasteiger partial charge >= 0.3 is 5.97 Å². The summed E-state index contributed by atoms with van der Waals surface area (Å²) in [4.78, 5) is 32.9. The van der Waals surface area contributed by atoms with Gasteiger partial charge in [0.15, 0.2) is 5.69 Å². The minimum Gasteiger partial charge on any atom is -0.462 e. The van der Waals surface area contributed by atoms with Gasteiger partial charge in [-0.3, -0.25) is 4.79 Å². The van der Waals surface area contributed by atoms with Gasteiger partial charge in [0.2, 0.25) is 0 Å². The molecule has 0 atom stereocenters. The molecular formula is C20H24N4O3S. The van der Waals surface area contributed by atoms with Crippen LogP contribution in [0.5, 0.6) is 0 Å². The van der Waals surface area contributed by atoms with Crippen LogP contribution in [0.3, 0.4) is 0 Å². The summed E-state index contributed by atoms with van der Waals surface area (Å²) < 4.78 is 7.07. The smallest absolute Gasteiger partial charge is 0.341 e. The highest BCUT2D eigenvalue weighted by Gasteiger charge is 2.25. The number of aryl methyl sites for hydroxylation is 1. The lowest BCUT2D eigenvalue weighted by Gasteiger charge is -2.11. The Morgan fingerprint density at radius 3 is 2.71 bits per heavy atom. The van der Waals surface area contributed by atoms with Crippen LogP contribution in [0.15, 0.2) is 24.4 Å². The van der Waals surface area contributed by atoms with E-state index in [0.717, 1.165) is 16.1 Å². The molecule has 0 unspecified atom stereocenters. The fourth-order valence-electron chi connectivity index (χ4n) is 3.01. The first-order valence-electron chi connectivity index (χ1n) is 9.02. The zero-order valence-corrected chi connectivity index (χ0v) is 17.5. The van der Waals surface area contributed by atoms with Gasteiger partial charge in [0.1, 0.15) is 10.6 Å². The third-order valence-electron chi connectivity index (χ3n) is 4.40. The quantitative estimate of drug-likeness (QED) is 0.641. The van der Waals surface area contributed by atoms with Crippen molar-refractivity contribution < 1.29 is 14.3 Å². The predicted octanol–water partition coefficient (Wildman–Crippen LogP) is 3.50. The SMILES string of the molecule is CCOC(=O)c1c(NC(=O)c2nc3ccccn3c2CN(C)C)sc(C)c1C. The molecule has 3 heterocycles. The molecule has 0 aliphatic carbocycles. The van der Waals surface area contributed by atoms with E-state index in [1.54, 1.807) is 6.92 Å². The average Bonchev–Trinajstić information content (AvgIpc) is 3.13. The molecule has 28 heavy (non-hydrogen) atoms. The summed E-state index contributed by atoms with van der Waals surface area (Å²) in [5.41, 5.74) is 3.07. The number of aromatic nitrogens is 2. The zero-order valence-electron chi connectivity index (χ0n) is 16.7. The second-order valence-corrected chi connectivity index (χ2v) is 7.96. The summed E-state index contributed by atoms with van der Waals surface area (Å²) >= 11 is 1.37. The van der Waals surface area contributed by atoms with Crippen molar-refractivity contribution >= 4 is 33.9 Å². The highest BCUT2D eigenvalue weighted by molar-refractivity contribution is 7.16. The van der Waals surface area contributed by atoms with Gasteiger partial charge in [0.25, 0.3) is 5.91 Å². The van der Waals surface area contributed by atoms with Gasteiger partial charge in [0.05, 0.1) is 17.9 Å². The van der Waals surface area contributed by atoms with Crippen LogP contribution >= 0.6 is 11.3 Å². The molecule has 0 saturated carbocycles. The molecule has 0 aliphatic heterocycles. The molecule has 0 aromatic carbocycles. The van der Waals surface area contributed by atoms with Crippen LogP contribution in [0.2, 0.25) is 0 Å². The summed E-state index contributed by atoms with van der Waals surface area (Å²) in [6.45, 7) is 6.37. The summed E-state index contributed by atoms with van der Waals surface area (Å²) in [7, 11) is 3.88. The molecule has 148 valence electrons. The lowest BCUT2D eigenvalue weighted by molar-refractivity contribution is 0.0527. The van der Waals surface area contributed by atoms with Gasteiger partial charge in [-0.2, -0.15) is 0 Å². The van der Waals surface area contributed by atoms with Crippen molar-refractivity contribution in [1.82, 2.24) is 14.3 Å². The predicted molar refractivity (Wildman–Crippen MR) is 110 cm³/mol. The lowest BCUT2D eigenvalue weighted by atomic mass is 10.1. The maximum Gasteiger partial charge on any atom is 0.341 e. The Labute approximate surface area is 167 Å². The van der Waals surface area contributed by atoms with Crippen LogP contribution in [-0.2, 0) is 11.3 Å². The third-order valence-corrected chi connectivity index (χ3v) is 5.52. The number of esters is 1. The molecule has 3 aromatic heterocycles. The van der Waals surface area contributed by atoms with E-state index in [-0.39, 0.29) is 12.5 Å². The van der Waals surface area contributed by atoms with E-state index in [1.165, 1.54) is 11.3 Å². The first-order chi connectivity index (χ1) is 13.3. The normalized spacial score (nSPS) is 11.2. The number of ether oxygens (including phenoxy) is 1. The number of nitrogens with one attached hydrogen (secondary N) is 1. The third kappa shape index (κ3) is 3.79. The van der Waals surface area contributed by atoms with E-state index in [2.05, 4.69) is 10.3 Å². The van der Waals surface area contributed by atoms with E-state index in [0.29, 0.717) is 28.5 Å². The van der Waals surface area contributed by atoms with Gasteiger partial charge in [-0.1, -0.05) is 6.07 Å².